The van der Waals surface area contributed by atoms with Gasteiger partial charge in [-0.15, -0.1) is 0 Å². The van der Waals surface area contributed by atoms with E-state index < -0.39 is 10.0 Å². The summed E-state index contributed by atoms with van der Waals surface area (Å²) in [4.78, 5) is 0.254. The van der Waals surface area contributed by atoms with Crippen LogP contribution in [0.3, 0.4) is 0 Å². The Morgan fingerprint density at radius 1 is 1.50 bits per heavy atom. The maximum Gasteiger partial charge on any atom is 0.244 e. The Morgan fingerprint density at radius 2 is 2.25 bits per heavy atom. The summed E-state index contributed by atoms with van der Waals surface area (Å²) < 4.78 is 32.9. The van der Waals surface area contributed by atoms with Crippen molar-refractivity contribution in [2.24, 2.45) is 0 Å². The molecule has 2 rings (SSSR count). The number of nitrogens with two attached hydrogens (primary N) is 1. The van der Waals surface area contributed by atoms with Crippen LogP contribution in [0.4, 0.5) is 5.69 Å². The highest BCUT2D eigenvalue weighted by Gasteiger charge is 2.31. The van der Waals surface area contributed by atoms with Crippen molar-refractivity contribution < 1.29 is 13.2 Å². The van der Waals surface area contributed by atoms with Crippen molar-refractivity contribution in [1.29, 1.82) is 0 Å². The minimum Gasteiger partial charge on any atom is -0.399 e. The molecule has 5 nitrogen and oxygen atoms in total. The fourth-order valence-electron chi connectivity index (χ4n) is 2.36. The third-order valence-corrected chi connectivity index (χ3v) is 6.16. The van der Waals surface area contributed by atoms with Gasteiger partial charge in [0.2, 0.25) is 10.0 Å². The Balaban J connectivity index is 2.25. The minimum atomic E-state index is -3.51. The van der Waals surface area contributed by atoms with Crippen LogP contribution in [0.25, 0.3) is 0 Å². The van der Waals surface area contributed by atoms with Crippen molar-refractivity contribution in [2.75, 3.05) is 25.4 Å². The summed E-state index contributed by atoms with van der Waals surface area (Å²) in [6.45, 7) is 3.46. The first-order valence-electron chi connectivity index (χ1n) is 6.62. The zero-order valence-corrected chi connectivity index (χ0v) is 13.8. The Labute approximate surface area is 128 Å². The molecule has 0 bridgehead atoms. The van der Waals surface area contributed by atoms with E-state index in [0.717, 1.165) is 12.8 Å². The van der Waals surface area contributed by atoms with Crippen molar-refractivity contribution in [3.05, 3.63) is 22.7 Å². The number of sulfonamides is 1. The van der Waals surface area contributed by atoms with E-state index in [-0.39, 0.29) is 11.0 Å². The first-order valence-corrected chi connectivity index (χ1v) is 8.85. The van der Waals surface area contributed by atoms with Crippen LogP contribution in [0.1, 0.15) is 19.8 Å². The summed E-state index contributed by atoms with van der Waals surface area (Å²) in [5.41, 5.74) is 6.18. The number of hydrogen-bond donors (Lipinski definition) is 1. The Hall–Kier alpha value is -0.630. The molecule has 1 aliphatic rings. The van der Waals surface area contributed by atoms with Gasteiger partial charge < -0.3 is 10.5 Å². The number of halogens is 1. The molecule has 1 aromatic carbocycles. The van der Waals surface area contributed by atoms with E-state index in [4.69, 9.17) is 10.5 Å². The van der Waals surface area contributed by atoms with Gasteiger partial charge in [-0.05, 0) is 53.9 Å². The molecule has 1 saturated heterocycles. The molecule has 1 heterocycles. The molecular formula is C13H19BrN2O3S. The van der Waals surface area contributed by atoms with Crippen LogP contribution in [0.15, 0.2) is 27.6 Å². The number of benzene rings is 1. The average Bonchev–Trinajstić information content (AvgIpc) is 2.39. The number of ether oxygens (including phenoxy) is 1. The number of piperidine rings is 1. The Kier molecular flexibility index (Phi) is 5.06. The van der Waals surface area contributed by atoms with Gasteiger partial charge in [0, 0.05) is 29.9 Å². The van der Waals surface area contributed by atoms with E-state index in [1.807, 2.05) is 6.92 Å². The van der Waals surface area contributed by atoms with Gasteiger partial charge in [0.05, 0.1) is 11.0 Å². The van der Waals surface area contributed by atoms with Crippen LogP contribution < -0.4 is 5.73 Å². The molecule has 1 atom stereocenters. The predicted molar refractivity (Wildman–Crippen MR) is 82.0 cm³/mol. The fraction of sp³-hybridized carbons (Fsp3) is 0.538. The second-order valence-corrected chi connectivity index (χ2v) is 7.53. The van der Waals surface area contributed by atoms with E-state index in [2.05, 4.69) is 15.9 Å². The van der Waals surface area contributed by atoms with Crippen LogP contribution in [0.2, 0.25) is 0 Å². The smallest absolute Gasteiger partial charge is 0.244 e. The zero-order chi connectivity index (χ0) is 14.8. The molecule has 0 amide bonds. The van der Waals surface area contributed by atoms with Crippen molar-refractivity contribution in [3.63, 3.8) is 0 Å². The van der Waals surface area contributed by atoms with Crippen LogP contribution in [0, 0.1) is 0 Å². The van der Waals surface area contributed by atoms with Gasteiger partial charge in [-0.3, -0.25) is 0 Å². The lowest BCUT2D eigenvalue weighted by Gasteiger charge is -2.31. The second-order valence-electron chi connectivity index (χ2n) is 4.77. The van der Waals surface area contributed by atoms with E-state index in [1.165, 1.54) is 4.31 Å². The van der Waals surface area contributed by atoms with Crippen molar-refractivity contribution in [3.8, 4) is 0 Å². The van der Waals surface area contributed by atoms with Crippen LogP contribution >= 0.6 is 15.9 Å². The molecule has 1 fully saturated rings. The molecule has 1 unspecified atom stereocenters. The van der Waals surface area contributed by atoms with Crippen LogP contribution in [-0.2, 0) is 14.8 Å². The summed E-state index contributed by atoms with van der Waals surface area (Å²) in [5, 5.41) is 0. The van der Waals surface area contributed by atoms with Gasteiger partial charge in [0.25, 0.3) is 0 Å². The molecular weight excluding hydrogens is 344 g/mol. The maximum atomic E-state index is 12.7. The number of nitrogen functional groups attached to an aromatic ring is 1. The largest absolute Gasteiger partial charge is 0.399 e. The zero-order valence-electron chi connectivity index (χ0n) is 11.4. The van der Waals surface area contributed by atoms with Gasteiger partial charge in [-0.25, -0.2) is 8.42 Å². The van der Waals surface area contributed by atoms with Crippen molar-refractivity contribution >= 4 is 31.6 Å². The van der Waals surface area contributed by atoms with Gasteiger partial charge >= 0.3 is 0 Å². The molecule has 1 aliphatic heterocycles. The molecule has 20 heavy (non-hydrogen) atoms. The second kappa shape index (κ2) is 6.43. The van der Waals surface area contributed by atoms with Crippen molar-refractivity contribution in [1.82, 2.24) is 4.31 Å². The predicted octanol–water partition coefficient (Wildman–Crippen LogP) is 2.22. The normalized spacial score (nSPS) is 21.0. The lowest BCUT2D eigenvalue weighted by atomic mass is 10.1. The van der Waals surface area contributed by atoms with Gasteiger partial charge in [0.1, 0.15) is 0 Å². The highest BCUT2D eigenvalue weighted by Crippen LogP contribution is 2.29. The molecule has 1 aromatic rings. The van der Waals surface area contributed by atoms with E-state index in [1.54, 1.807) is 18.2 Å². The monoisotopic (exact) mass is 362 g/mol. The summed E-state index contributed by atoms with van der Waals surface area (Å²) in [6.07, 6.45) is 1.70. The number of anilines is 1. The summed E-state index contributed by atoms with van der Waals surface area (Å²) >= 11 is 3.28. The van der Waals surface area contributed by atoms with Crippen LogP contribution in [0.5, 0.6) is 0 Å². The molecule has 0 aliphatic carbocycles. The maximum absolute atomic E-state index is 12.7. The van der Waals surface area contributed by atoms with Gasteiger partial charge in [0.15, 0.2) is 0 Å². The quantitative estimate of drug-likeness (QED) is 0.833. The molecule has 112 valence electrons. The van der Waals surface area contributed by atoms with E-state index >= 15 is 0 Å². The molecule has 7 heteroatoms. The topological polar surface area (TPSA) is 72.6 Å². The first-order chi connectivity index (χ1) is 9.45. The van der Waals surface area contributed by atoms with E-state index in [0.29, 0.717) is 29.9 Å². The Morgan fingerprint density at radius 3 is 2.90 bits per heavy atom. The van der Waals surface area contributed by atoms with E-state index in [9.17, 15) is 8.42 Å². The summed E-state index contributed by atoms with van der Waals surface area (Å²) in [5.74, 6) is 0. The third kappa shape index (κ3) is 3.33. The lowest BCUT2D eigenvalue weighted by molar-refractivity contribution is 0.0265. The molecule has 0 aromatic heterocycles. The Bertz CT molecular complexity index is 575. The fourth-order valence-corrected chi connectivity index (χ4v) is 4.93. The minimum absolute atomic E-state index is 0.0175. The third-order valence-electron chi connectivity index (χ3n) is 3.32. The molecule has 2 N–H and O–H groups in total. The van der Waals surface area contributed by atoms with Crippen molar-refractivity contribution in [2.45, 2.75) is 30.8 Å². The number of hydrogen-bond acceptors (Lipinski definition) is 4. The number of nitrogens with zero attached hydrogens (tertiary/aromatic N) is 1. The summed E-state index contributed by atoms with van der Waals surface area (Å²) in [6, 6.07) is 4.75. The summed E-state index contributed by atoms with van der Waals surface area (Å²) in [7, 11) is -3.51. The van der Waals surface area contributed by atoms with Crippen LogP contribution in [-0.4, -0.2) is 38.5 Å². The van der Waals surface area contributed by atoms with Gasteiger partial charge in [-0.1, -0.05) is 0 Å². The molecule has 0 saturated carbocycles. The standard InChI is InChI=1S/C13H19BrN2O3S/c1-2-19-11-4-3-7-16(9-11)20(17,18)13-6-5-10(15)8-12(13)14/h5-6,8,11H,2-4,7,9,15H2,1H3. The highest BCUT2D eigenvalue weighted by atomic mass is 79.9. The first kappa shape index (κ1) is 15.8. The molecule has 0 radical (unpaired) electrons. The number of rotatable bonds is 4. The lowest BCUT2D eigenvalue weighted by Crippen LogP contribution is -2.43. The highest BCUT2D eigenvalue weighted by molar-refractivity contribution is 9.10. The SMILES string of the molecule is CCOC1CCCN(S(=O)(=O)c2ccc(N)cc2Br)C1. The van der Waals surface area contributed by atoms with Gasteiger partial charge in [-0.2, -0.15) is 4.31 Å². The molecule has 0 spiro atoms. The average molecular weight is 363 g/mol.